The average Bonchev–Trinajstić information content (AvgIpc) is 3.50. The van der Waals surface area contributed by atoms with Crippen LogP contribution in [0.3, 0.4) is 0 Å². The zero-order valence-corrected chi connectivity index (χ0v) is 25.0. The summed E-state index contributed by atoms with van der Waals surface area (Å²) in [6.07, 6.45) is 7.21. The van der Waals surface area contributed by atoms with E-state index in [9.17, 15) is 0 Å². The molecule has 0 unspecified atom stereocenters. The summed E-state index contributed by atoms with van der Waals surface area (Å²) in [5.41, 5.74) is 5.98. The fraction of sp³-hybridized carbons (Fsp3) is 0.0769. The first kappa shape index (κ1) is 27.5. The van der Waals surface area contributed by atoms with Gasteiger partial charge in [-0.05, 0) is 78.3 Å². The van der Waals surface area contributed by atoms with E-state index in [4.69, 9.17) is 34.8 Å². The van der Waals surface area contributed by atoms with Crippen LogP contribution in [0.25, 0.3) is 33.1 Å². The molecule has 0 radical (unpaired) electrons. The molecule has 4 heterocycles. The van der Waals surface area contributed by atoms with Gasteiger partial charge in [0.1, 0.15) is 5.15 Å². The number of hydrogen-bond acceptors (Lipinski definition) is 4. The van der Waals surface area contributed by atoms with Gasteiger partial charge in [0.15, 0.2) is 0 Å². The molecular weight excluding hydrogens is 662 g/mol. The lowest BCUT2D eigenvalue weighted by Crippen LogP contribution is -1.90. The maximum atomic E-state index is 5.87. The van der Waals surface area contributed by atoms with E-state index >= 15 is 0 Å². The zero-order valence-electron chi connectivity index (χ0n) is 19.5. The van der Waals surface area contributed by atoms with Crippen LogP contribution in [0.2, 0.25) is 15.7 Å². The van der Waals surface area contributed by atoms with Gasteiger partial charge < -0.3 is 9.97 Å². The van der Waals surface area contributed by atoms with Gasteiger partial charge in [-0.2, -0.15) is 0 Å². The molecule has 0 atom stereocenters. The van der Waals surface area contributed by atoms with Crippen LogP contribution < -0.4 is 0 Å². The minimum absolute atomic E-state index is 0.186. The molecule has 188 valence electrons. The second-order valence-corrected chi connectivity index (χ2v) is 10.8. The molecule has 0 saturated carbocycles. The SMILES string of the molecule is Brc1ccc2cc[nH]c2c1.Cc1cnc(Cl)nc1-c1c[nH]c2cc(Br)ccc12.Cc1cnc(Cl)nc1Cl. The lowest BCUT2D eigenvalue weighted by molar-refractivity contribution is 1.13. The molecule has 6 nitrogen and oxygen atoms in total. The molecule has 0 aliphatic rings. The van der Waals surface area contributed by atoms with Gasteiger partial charge in [0.05, 0.1) is 5.69 Å². The number of nitrogens with zero attached hydrogens (tertiary/aromatic N) is 4. The van der Waals surface area contributed by atoms with Crippen LogP contribution in [-0.2, 0) is 0 Å². The smallest absolute Gasteiger partial charge is 0.223 e. The Morgan fingerprint density at radius 2 is 1.38 bits per heavy atom. The fourth-order valence-electron chi connectivity index (χ4n) is 3.41. The molecule has 0 saturated heterocycles. The first-order valence-electron chi connectivity index (χ1n) is 10.8. The van der Waals surface area contributed by atoms with Crippen molar-refractivity contribution in [3.8, 4) is 11.3 Å². The second kappa shape index (κ2) is 12.4. The Bertz CT molecular complexity index is 1680. The van der Waals surface area contributed by atoms with Crippen molar-refractivity contribution in [1.29, 1.82) is 0 Å². The summed E-state index contributed by atoms with van der Waals surface area (Å²) >= 11 is 23.7. The number of fused-ring (bicyclic) bond motifs is 2. The topological polar surface area (TPSA) is 83.1 Å². The predicted molar refractivity (Wildman–Crippen MR) is 160 cm³/mol. The molecule has 11 heteroatoms. The van der Waals surface area contributed by atoms with Crippen molar-refractivity contribution in [3.05, 3.63) is 103 Å². The molecule has 0 bridgehead atoms. The van der Waals surface area contributed by atoms with Crippen molar-refractivity contribution < 1.29 is 0 Å². The van der Waals surface area contributed by atoms with Crippen LogP contribution >= 0.6 is 66.7 Å². The molecule has 0 aliphatic heterocycles. The minimum atomic E-state index is 0.186. The third-order valence-electron chi connectivity index (χ3n) is 5.24. The Morgan fingerprint density at radius 1 is 0.730 bits per heavy atom. The summed E-state index contributed by atoms with van der Waals surface area (Å²) in [5.74, 6) is 0. The summed E-state index contributed by atoms with van der Waals surface area (Å²) in [7, 11) is 0. The lowest BCUT2D eigenvalue weighted by Gasteiger charge is -2.03. The van der Waals surface area contributed by atoms with E-state index in [1.54, 1.807) is 12.4 Å². The second-order valence-electron chi connectivity index (χ2n) is 7.89. The number of nitrogens with one attached hydrogen (secondary N) is 2. The van der Waals surface area contributed by atoms with Crippen LogP contribution in [0.4, 0.5) is 0 Å². The number of hydrogen-bond donors (Lipinski definition) is 2. The predicted octanol–water partition coefficient (Wildman–Crippen LogP) is 9.37. The number of aryl methyl sites for hydroxylation is 2. The van der Waals surface area contributed by atoms with Crippen molar-refractivity contribution in [2.45, 2.75) is 13.8 Å². The maximum absolute atomic E-state index is 5.87. The monoisotopic (exact) mass is 678 g/mol. The highest BCUT2D eigenvalue weighted by Crippen LogP contribution is 2.31. The summed E-state index contributed by atoms with van der Waals surface area (Å²) in [6.45, 7) is 3.79. The molecule has 4 aromatic heterocycles. The summed E-state index contributed by atoms with van der Waals surface area (Å²) < 4.78 is 2.16. The van der Waals surface area contributed by atoms with Crippen molar-refractivity contribution in [2.75, 3.05) is 0 Å². The fourth-order valence-corrected chi connectivity index (χ4v) is 4.57. The number of rotatable bonds is 1. The molecular formula is C26H19Br2Cl3N6. The molecule has 6 rings (SSSR count). The lowest BCUT2D eigenvalue weighted by atomic mass is 10.1. The van der Waals surface area contributed by atoms with Gasteiger partial charge in [-0.3, -0.25) is 0 Å². The Morgan fingerprint density at radius 3 is 2.08 bits per heavy atom. The molecule has 2 aromatic carbocycles. The van der Waals surface area contributed by atoms with Crippen molar-refractivity contribution in [1.82, 2.24) is 29.9 Å². The Hall–Kier alpha value is -2.49. The van der Waals surface area contributed by atoms with E-state index < -0.39 is 0 Å². The standard InChI is InChI=1S/C13H9BrClN3.C8H6BrN.C5H4Cl2N2/c1-7-5-17-13(15)18-12(7)10-6-16-11-4-8(14)2-3-9(10)11;9-7-2-1-6-3-4-10-8(6)5-7;1-3-2-8-5(7)9-4(3)6/h2-6,16H,1H3;1-5,10H;2H,1H3. The van der Waals surface area contributed by atoms with Crippen molar-refractivity contribution >= 4 is 88.5 Å². The van der Waals surface area contributed by atoms with E-state index in [1.165, 1.54) is 10.9 Å². The van der Waals surface area contributed by atoms with E-state index in [0.717, 1.165) is 42.2 Å². The molecule has 0 spiro atoms. The van der Waals surface area contributed by atoms with Gasteiger partial charge in [0.25, 0.3) is 0 Å². The largest absolute Gasteiger partial charge is 0.361 e. The van der Waals surface area contributed by atoms with E-state index in [2.05, 4.69) is 86.0 Å². The number of aromatic nitrogens is 6. The van der Waals surface area contributed by atoms with Crippen LogP contribution in [0.5, 0.6) is 0 Å². The summed E-state index contributed by atoms with van der Waals surface area (Å²) in [4.78, 5) is 22.1. The van der Waals surface area contributed by atoms with Crippen LogP contribution in [-0.4, -0.2) is 29.9 Å². The zero-order chi connectivity index (χ0) is 26.5. The highest BCUT2D eigenvalue weighted by atomic mass is 79.9. The maximum Gasteiger partial charge on any atom is 0.223 e. The first-order chi connectivity index (χ1) is 17.7. The quantitative estimate of drug-likeness (QED) is 0.134. The summed E-state index contributed by atoms with van der Waals surface area (Å²) in [6, 6.07) is 14.3. The molecule has 6 aromatic rings. The first-order valence-corrected chi connectivity index (χ1v) is 13.6. The van der Waals surface area contributed by atoms with Crippen LogP contribution in [0, 0.1) is 13.8 Å². The Balaban J connectivity index is 0.000000143. The normalized spacial score (nSPS) is 10.6. The highest BCUT2D eigenvalue weighted by molar-refractivity contribution is 9.10. The number of H-pyrrole nitrogens is 2. The van der Waals surface area contributed by atoms with Gasteiger partial charge in [-0.15, -0.1) is 0 Å². The third kappa shape index (κ3) is 7.09. The Kier molecular flexibility index (Phi) is 9.21. The van der Waals surface area contributed by atoms with Gasteiger partial charge in [-0.25, -0.2) is 19.9 Å². The van der Waals surface area contributed by atoms with Crippen molar-refractivity contribution in [3.63, 3.8) is 0 Å². The van der Waals surface area contributed by atoms with Gasteiger partial charge >= 0.3 is 0 Å². The molecule has 2 N–H and O–H groups in total. The molecule has 37 heavy (non-hydrogen) atoms. The van der Waals surface area contributed by atoms with E-state index in [-0.39, 0.29) is 10.6 Å². The molecule has 0 aliphatic carbocycles. The van der Waals surface area contributed by atoms with Gasteiger partial charge in [-0.1, -0.05) is 55.6 Å². The van der Waals surface area contributed by atoms with Gasteiger partial charge in [0.2, 0.25) is 10.6 Å². The van der Waals surface area contributed by atoms with Crippen LogP contribution in [0.1, 0.15) is 11.1 Å². The van der Waals surface area contributed by atoms with E-state index in [0.29, 0.717) is 5.15 Å². The van der Waals surface area contributed by atoms with Crippen molar-refractivity contribution in [2.24, 2.45) is 0 Å². The number of halogens is 5. The van der Waals surface area contributed by atoms with E-state index in [1.807, 2.05) is 44.4 Å². The average molecular weight is 682 g/mol. The summed E-state index contributed by atoms with van der Waals surface area (Å²) in [5, 5.41) is 3.24. The number of aromatic amines is 2. The minimum Gasteiger partial charge on any atom is -0.361 e. The molecule has 0 amide bonds. The Labute approximate surface area is 245 Å². The third-order valence-corrected chi connectivity index (χ3v) is 6.97. The molecule has 0 fully saturated rings. The van der Waals surface area contributed by atoms with Gasteiger partial charge in [0, 0.05) is 61.3 Å². The number of benzene rings is 2. The van der Waals surface area contributed by atoms with Crippen LogP contribution in [0.15, 0.2) is 76.2 Å². The highest BCUT2D eigenvalue weighted by Gasteiger charge is 2.11.